The molecule has 0 aliphatic heterocycles. The first-order valence-corrected chi connectivity index (χ1v) is 9.04. The van der Waals surface area contributed by atoms with E-state index in [1.807, 2.05) is 13.0 Å². The summed E-state index contributed by atoms with van der Waals surface area (Å²) >= 11 is 0. The predicted molar refractivity (Wildman–Crippen MR) is 83.0 cm³/mol. The molecule has 1 aromatic heterocycles. The Hall–Kier alpha value is -1.37. The Labute approximate surface area is 121 Å². The van der Waals surface area contributed by atoms with Crippen molar-refractivity contribution in [1.29, 1.82) is 0 Å². The molecule has 20 heavy (non-hydrogen) atoms. The second-order valence-corrected chi connectivity index (χ2v) is 7.00. The first-order valence-electron chi connectivity index (χ1n) is 6.98. The van der Waals surface area contributed by atoms with Gasteiger partial charge in [0.1, 0.15) is 27.3 Å². The van der Waals surface area contributed by atoms with Crippen molar-refractivity contribution in [3.05, 3.63) is 11.9 Å². The first kappa shape index (κ1) is 16.7. The van der Waals surface area contributed by atoms with E-state index in [2.05, 4.69) is 27.5 Å². The van der Waals surface area contributed by atoms with Crippen LogP contribution >= 0.6 is 0 Å². The number of sulfone groups is 1. The number of aromatic nitrogens is 2. The number of anilines is 2. The number of hydrogen-bond donors (Lipinski definition) is 2. The van der Waals surface area contributed by atoms with Crippen molar-refractivity contribution < 1.29 is 8.42 Å². The minimum Gasteiger partial charge on any atom is -0.370 e. The summed E-state index contributed by atoms with van der Waals surface area (Å²) in [4.78, 5) is 8.85. The van der Waals surface area contributed by atoms with Crippen molar-refractivity contribution in [2.24, 2.45) is 0 Å². The lowest BCUT2D eigenvalue weighted by atomic mass is 10.3. The van der Waals surface area contributed by atoms with E-state index in [4.69, 9.17) is 0 Å². The first-order chi connectivity index (χ1) is 9.44. The highest BCUT2D eigenvalue weighted by Crippen LogP contribution is 2.12. The minimum atomic E-state index is -2.90. The lowest BCUT2D eigenvalue weighted by molar-refractivity contribution is 0.600. The van der Waals surface area contributed by atoms with Gasteiger partial charge in [0.2, 0.25) is 0 Å². The number of aryl methyl sites for hydroxylation is 1. The van der Waals surface area contributed by atoms with Crippen LogP contribution in [-0.2, 0) is 16.3 Å². The van der Waals surface area contributed by atoms with Gasteiger partial charge in [-0.3, -0.25) is 0 Å². The molecule has 0 atom stereocenters. The van der Waals surface area contributed by atoms with Crippen LogP contribution < -0.4 is 10.6 Å². The highest BCUT2D eigenvalue weighted by molar-refractivity contribution is 7.90. The summed E-state index contributed by atoms with van der Waals surface area (Å²) in [5, 5.41) is 6.33. The summed E-state index contributed by atoms with van der Waals surface area (Å²) < 4.78 is 22.1. The van der Waals surface area contributed by atoms with Crippen molar-refractivity contribution in [3.63, 3.8) is 0 Å². The lowest BCUT2D eigenvalue weighted by Gasteiger charge is -2.10. The van der Waals surface area contributed by atoms with Gasteiger partial charge in [-0.1, -0.05) is 6.92 Å². The third kappa shape index (κ3) is 6.70. The van der Waals surface area contributed by atoms with Gasteiger partial charge in [-0.25, -0.2) is 18.4 Å². The molecular formula is C13H24N4O2S. The molecule has 0 bridgehead atoms. The monoisotopic (exact) mass is 300 g/mol. The fraction of sp³-hybridized carbons (Fsp3) is 0.692. The number of hydrogen-bond acceptors (Lipinski definition) is 6. The van der Waals surface area contributed by atoms with Crippen LogP contribution in [0.3, 0.4) is 0 Å². The van der Waals surface area contributed by atoms with E-state index in [1.54, 1.807) is 0 Å². The van der Waals surface area contributed by atoms with Gasteiger partial charge in [0.05, 0.1) is 5.75 Å². The van der Waals surface area contributed by atoms with Gasteiger partial charge in [-0.2, -0.15) is 0 Å². The Bertz CT molecular complexity index is 493. The molecule has 114 valence electrons. The summed E-state index contributed by atoms with van der Waals surface area (Å²) in [6.07, 6.45) is 3.64. The van der Waals surface area contributed by atoms with Gasteiger partial charge < -0.3 is 10.6 Å². The van der Waals surface area contributed by atoms with E-state index in [0.717, 1.165) is 36.8 Å². The molecule has 0 aliphatic rings. The molecule has 0 saturated carbocycles. The molecular weight excluding hydrogens is 276 g/mol. The summed E-state index contributed by atoms with van der Waals surface area (Å²) in [6, 6.07) is 1.85. The molecule has 7 heteroatoms. The molecule has 6 nitrogen and oxygen atoms in total. The smallest absolute Gasteiger partial charge is 0.147 e. The maximum absolute atomic E-state index is 11.1. The van der Waals surface area contributed by atoms with Crippen LogP contribution in [0.5, 0.6) is 0 Å². The van der Waals surface area contributed by atoms with Gasteiger partial charge in [-0.15, -0.1) is 0 Å². The standard InChI is InChI=1S/C13H24N4O2S/c1-4-7-11-16-12(14-5-2)10-13(17-11)15-8-6-9-20(3,18)19/h10H,4-9H2,1-3H3,(H2,14,15,16,17). The van der Waals surface area contributed by atoms with Gasteiger partial charge in [0.25, 0.3) is 0 Å². The number of nitrogens with zero attached hydrogens (tertiary/aromatic N) is 2. The third-order valence-corrected chi connectivity index (χ3v) is 3.63. The fourth-order valence-electron chi connectivity index (χ4n) is 1.75. The van der Waals surface area contributed by atoms with Crippen LogP contribution in [0, 0.1) is 0 Å². The largest absolute Gasteiger partial charge is 0.370 e. The van der Waals surface area contributed by atoms with Gasteiger partial charge >= 0.3 is 0 Å². The van der Waals surface area contributed by atoms with Crippen LogP contribution in [0.15, 0.2) is 6.07 Å². The fourth-order valence-corrected chi connectivity index (χ4v) is 2.41. The molecule has 0 amide bonds. The Balaban J connectivity index is 2.63. The Kier molecular flexibility index (Phi) is 6.70. The second-order valence-electron chi connectivity index (χ2n) is 4.75. The van der Waals surface area contributed by atoms with Crippen molar-refractivity contribution in [1.82, 2.24) is 9.97 Å². The molecule has 0 unspecified atom stereocenters. The average molecular weight is 300 g/mol. The van der Waals surface area contributed by atoms with E-state index < -0.39 is 9.84 Å². The van der Waals surface area contributed by atoms with Crippen LogP contribution in [0.4, 0.5) is 11.6 Å². The van der Waals surface area contributed by atoms with Crippen molar-refractivity contribution in [2.75, 3.05) is 35.7 Å². The molecule has 1 aromatic rings. The average Bonchev–Trinajstić information content (AvgIpc) is 2.34. The Morgan fingerprint density at radius 2 is 1.80 bits per heavy atom. The zero-order valence-electron chi connectivity index (χ0n) is 12.4. The third-order valence-electron chi connectivity index (χ3n) is 2.60. The van der Waals surface area contributed by atoms with Crippen LogP contribution in [-0.4, -0.2) is 43.5 Å². The second kappa shape index (κ2) is 8.04. The Morgan fingerprint density at radius 3 is 2.35 bits per heavy atom. The van der Waals surface area contributed by atoms with E-state index in [1.165, 1.54) is 6.26 Å². The maximum Gasteiger partial charge on any atom is 0.147 e. The highest BCUT2D eigenvalue weighted by atomic mass is 32.2. The summed E-state index contributed by atoms with van der Waals surface area (Å²) in [5.41, 5.74) is 0. The van der Waals surface area contributed by atoms with Crippen LogP contribution in [0.1, 0.15) is 32.5 Å². The molecule has 0 aliphatic carbocycles. The SMILES string of the molecule is CCCc1nc(NCC)cc(NCCCS(C)(=O)=O)n1. The van der Waals surface area contributed by atoms with Gasteiger partial charge in [0.15, 0.2) is 0 Å². The minimum absolute atomic E-state index is 0.187. The van der Waals surface area contributed by atoms with Crippen molar-refractivity contribution in [3.8, 4) is 0 Å². The van der Waals surface area contributed by atoms with E-state index >= 15 is 0 Å². The molecule has 0 spiro atoms. The maximum atomic E-state index is 11.1. The highest BCUT2D eigenvalue weighted by Gasteiger charge is 2.05. The molecule has 1 rings (SSSR count). The lowest BCUT2D eigenvalue weighted by Crippen LogP contribution is -2.12. The normalized spacial score (nSPS) is 11.3. The molecule has 0 fully saturated rings. The topological polar surface area (TPSA) is 84.0 Å². The molecule has 0 aromatic carbocycles. The quantitative estimate of drug-likeness (QED) is 0.675. The Morgan fingerprint density at radius 1 is 1.15 bits per heavy atom. The van der Waals surface area contributed by atoms with Crippen LogP contribution in [0.25, 0.3) is 0 Å². The molecule has 2 N–H and O–H groups in total. The van der Waals surface area contributed by atoms with Gasteiger partial charge in [-0.05, 0) is 19.8 Å². The molecule has 1 heterocycles. The molecule has 0 saturated heterocycles. The summed E-state index contributed by atoms with van der Waals surface area (Å²) in [5.74, 6) is 2.54. The van der Waals surface area contributed by atoms with Crippen LogP contribution in [0.2, 0.25) is 0 Å². The number of rotatable bonds is 9. The van der Waals surface area contributed by atoms with E-state index in [-0.39, 0.29) is 5.75 Å². The van der Waals surface area contributed by atoms with Gasteiger partial charge in [0, 0.05) is 31.8 Å². The van der Waals surface area contributed by atoms with E-state index in [0.29, 0.717) is 13.0 Å². The van der Waals surface area contributed by atoms with Crippen molar-refractivity contribution >= 4 is 21.5 Å². The number of nitrogens with one attached hydrogen (secondary N) is 2. The predicted octanol–water partition coefficient (Wildman–Crippen LogP) is 1.71. The molecule has 0 radical (unpaired) electrons. The zero-order valence-corrected chi connectivity index (χ0v) is 13.3. The van der Waals surface area contributed by atoms with E-state index in [9.17, 15) is 8.42 Å². The summed E-state index contributed by atoms with van der Waals surface area (Å²) in [7, 11) is -2.90. The summed E-state index contributed by atoms with van der Waals surface area (Å²) in [6.45, 7) is 5.49. The zero-order chi connectivity index (χ0) is 15.0. The van der Waals surface area contributed by atoms with Crippen molar-refractivity contribution in [2.45, 2.75) is 33.1 Å².